The van der Waals surface area contributed by atoms with Crippen LogP contribution in [0.3, 0.4) is 0 Å². The van der Waals surface area contributed by atoms with E-state index >= 15 is 0 Å². The molecular weight excluding hydrogens is 252 g/mol. The predicted molar refractivity (Wildman–Crippen MR) is 82.6 cm³/mol. The quantitative estimate of drug-likeness (QED) is 0.572. The van der Waals surface area contributed by atoms with Crippen LogP contribution in [0.25, 0.3) is 0 Å². The fourth-order valence-corrected chi connectivity index (χ4v) is 2.57. The normalized spacial score (nSPS) is 18.9. The standard InChI is InChI=1S/C14H26N6/c1-10-12(17-11(2)18-13(10)19-15)16-9-14(3)5-7-20(4)8-6-14/h5-9,15H2,1-4H3,(H2,16,17,18,19). The van der Waals surface area contributed by atoms with E-state index in [2.05, 4.69) is 39.6 Å². The maximum Gasteiger partial charge on any atom is 0.148 e. The minimum atomic E-state index is 0.327. The van der Waals surface area contributed by atoms with E-state index in [-0.39, 0.29) is 0 Å². The van der Waals surface area contributed by atoms with Gasteiger partial charge in [0.05, 0.1) is 0 Å². The van der Waals surface area contributed by atoms with Crippen molar-refractivity contribution < 1.29 is 0 Å². The molecule has 20 heavy (non-hydrogen) atoms. The average Bonchev–Trinajstić information content (AvgIpc) is 2.43. The second-order valence-electron chi connectivity index (χ2n) is 6.20. The highest BCUT2D eigenvalue weighted by molar-refractivity contribution is 5.56. The number of aromatic nitrogens is 2. The van der Waals surface area contributed by atoms with Gasteiger partial charge < -0.3 is 15.6 Å². The summed E-state index contributed by atoms with van der Waals surface area (Å²) in [4.78, 5) is 11.2. The number of nitrogen functional groups attached to an aromatic ring is 1. The van der Waals surface area contributed by atoms with Crippen LogP contribution in [-0.4, -0.2) is 41.5 Å². The largest absolute Gasteiger partial charge is 0.369 e. The predicted octanol–water partition coefficient (Wildman–Crippen LogP) is 1.52. The number of rotatable bonds is 4. The minimum Gasteiger partial charge on any atom is -0.369 e. The van der Waals surface area contributed by atoms with Crippen LogP contribution in [0.2, 0.25) is 0 Å². The van der Waals surface area contributed by atoms with Gasteiger partial charge in [-0.15, -0.1) is 0 Å². The molecule has 0 aliphatic carbocycles. The van der Waals surface area contributed by atoms with Crippen LogP contribution in [0.15, 0.2) is 0 Å². The number of hydrogen-bond acceptors (Lipinski definition) is 6. The Morgan fingerprint density at radius 1 is 1.20 bits per heavy atom. The van der Waals surface area contributed by atoms with Gasteiger partial charge in [-0.1, -0.05) is 6.92 Å². The minimum absolute atomic E-state index is 0.327. The van der Waals surface area contributed by atoms with Gasteiger partial charge in [-0.05, 0) is 52.2 Å². The summed E-state index contributed by atoms with van der Waals surface area (Å²) in [6.07, 6.45) is 2.42. The zero-order valence-electron chi connectivity index (χ0n) is 13.0. The van der Waals surface area contributed by atoms with Gasteiger partial charge in [-0.3, -0.25) is 0 Å². The van der Waals surface area contributed by atoms with Gasteiger partial charge >= 0.3 is 0 Å². The third-order valence-corrected chi connectivity index (χ3v) is 4.27. The van der Waals surface area contributed by atoms with Gasteiger partial charge in [-0.25, -0.2) is 15.8 Å². The Morgan fingerprint density at radius 3 is 2.40 bits per heavy atom. The van der Waals surface area contributed by atoms with Crippen molar-refractivity contribution in [1.82, 2.24) is 14.9 Å². The van der Waals surface area contributed by atoms with Gasteiger partial charge in [0.2, 0.25) is 0 Å². The van der Waals surface area contributed by atoms with Crippen molar-refractivity contribution in [2.75, 3.05) is 37.4 Å². The van der Waals surface area contributed by atoms with Crippen LogP contribution >= 0.6 is 0 Å². The molecule has 0 radical (unpaired) electrons. The highest BCUT2D eigenvalue weighted by Crippen LogP contribution is 2.31. The van der Waals surface area contributed by atoms with E-state index in [1.807, 2.05) is 13.8 Å². The lowest BCUT2D eigenvalue weighted by Gasteiger charge is -2.38. The van der Waals surface area contributed by atoms with E-state index < -0.39 is 0 Å². The molecule has 1 aromatic rings. The molecular formula is C14H26N6. The Bertz CT molecular complexity index is 465. The van der Waals surface area contributed by atoms with Crippen LogP contribution in [0, 0.1) is 19.3 Å². The topological polar surface area (TPSA) is 79.1 Å². The number of nitrogens with one attached hydrogen (secondary N) is 2. The lowest BCUT2D eigenvalue weighted by atomic mass is 9.80. The molecule has 1 fully saturated rings. The molecule has 2 rings (SSSR count). The zero-order valence-corrected chi connectivity index (χ0v) is 13.0. The first-order chi connectivity index (χ1) is 9.43. The lowest BCUT2D eigenvalue weighted by Crippen LogP contribution is -2.40. The summed E-state index contributed by atoms with van der Waals surface area (Å²) < 4.78 is 0. The number of nitrogens with zero attached hydrogens (tertiary/aromatic N) is 3. The monoisotopic (exact) mass is 278 g/mol. The Labute approximate surface area is 121 Å². The summed E-state index contributed by atoms with van der Waals surface area (Å²) in [6, 6.07) is 0. The Balaban J connectivity index is 2.05. The number of aryl methyl sites for hydroxylation is 1. The molecule has 0 saturated carbocycles. The van der Waals surface area contributed by atoms with Crippen molar-refractivity contribution in [2.24, 2.45) is 11.3 Å². The first-order valence-corrected chi connectivity index (χ1v) is 7.18. The molecule has 6 heteroatoms. The van der Waals surface area contributed by atoms with Crippen LogP contribution in [-0.2, 0) is 0 Å². The van der Waals surface area contributed by atoms with Crippen molar-refractivity contribution in [1.29, 1.82) is 0 Å². The van der Waals surface area contributed by atoms with E-state index in [1.165, 1.54) is 12.8 Å². The average molecular weight is 278 g/mol. The van der Waals surface area contributed by atoms with E-state index in [0.717, 1.165) is 36.8 Å². The summed E-state index contributed by atoms with van der Waals surface area (Å²) in [5.41, 5.74) is 3.93. The van der Waals surface area contributed by atoms with Crippen molar-refractivity contribution >= 4 is 11.6 Å². The van der Waals surface area contributed by atoms with E-state index in [4.69, 9.17) is 5.84 Å². The van der Waals surface area contributed by atoms with Gasteiger partial charge in [0.25, 0.3) is 0 Å². The molecule has 112 valence electrons. The van der Waals surface area contributed by atoms with Crippen molar-refractivity contribution in [3.05, 3.63) is 11.4 Å². The molecule has 0 aromatic carbocycles. The molecule has 1 saturated heterocycles. The number of hydrogen-bond donors (Lipinski definition) is 3. The smallest absolute Gasteiger partial charge is 0.148 e. The van der Waals surface area contributed by atoms with Gasteiger partial charge in [0.15, 0.2) is 0 Å². The Morgan fingerprint density at radius 2 is 1.80 bits per heavy atom. The Kier molecular flexibility index (Phi) is 4.45. The van der Waals surface area contributed by atoms with Crippen LogP contribution < -0.4 is 16.6 Å². The third-order valence-electron chi connectivity index (χ3n) is 4.27. The molecule has 1 aromatic heterocycles. The Hall–Kier alpha value is -1.40. The molecule has 1 aliphatic rings. The van der Waals surface area contributed by atoms with Crippen molar-refractivity contribution in [3.63, 3.8) is 0 Å². The maximum absolute atomic E-state index is 5.50. The molecule has 0 amide bonds. The molecule has 4 N–H and O–H groups in total. The highest BCUT2D eigenvalue weighted by Gasteiger charge is 2.28. The molecule has 0 bridgehead atoms. The van der Waals surface area contributed by atoms with E-state index in [9.17, 15) is 0 Å². The first kappa shape index (κ1) is 15.0. The number of anilines is 2. The summed E-state index contributed by atoms with van der Waals surface area (Å²) >= 11 is 0. The number of nitrogens with two attached hydrogens (primary N) is 1. The number of hydrazine groups is 1. The molecule has 0 spiro atoms. The van der Waals surface area contributed by atoms with Gasteiger partial charge in [-0.2, -0.15) is 0 Å². The molecule has 0 atom stereocenters. The number of likely N-dealkylation sites (tertiary alicyclic amines) is 1. The second-order valence-corrected chi connectivity index (χ2v) is 6.20. The summed E-state index contributed by atoms with van der Waals surface area (Å²) in [5, 5.41) is 3.49. The lowest BCUT2D eigenvalue weighted by molar-refractivity contribution is 0.150. The van der Waals surface area contributed by atoms with Crippen LogP contribution in [0.5, 0.6) is 0 Å². The van der Waals surface area contributed by atoms with Crippen molar-refractivity contribution in [3.8, 4) is 0 Å². The molecule has 6 nitrogen and oxygen atoms in total. The van der Waals surface area contributed by atoms with Crippen molar-refractivity contribution in [2.45, 2.75) is 33.6 Å². The zero-order chi connectivity index (χ0) is 14.8. The number of piperidine rings is 1. The van der Waals surface area contributed by atoms with E-state index in [0.29, 0.717) is 11.2 Å². The summed E-state index contributed by atoms with van der Waals surface area (Å²) in [7, 11) is 2.18. The maximum atomic E-state index is 5.50. The fraction of sp³-hybridized carbons (Fsp3) is 0.714. The van der Waals surface area contributed by atoms with Crippen LogP contribution in [0.1, 0.15) is 31.2 Å². The first-order valence-electron chi connectivity index (χ1n) is 7.18. The van der Waals surface area contributed by atoms with Crippen LogP contribution in [0.4, 0.5) is 11.6 Å². The molecule has 1 aliphatic heterocycles. The SMILES string of the molecule is Cc1nc(NN)c(C)c(NCC2(C)CCN(C)CC2)n1. The van der Waals surface area contributed by atoms with E-state index in [1.54, 1.807) is 0 Å². The van der Waals surface area contributed by atoms with Gasteiger partial charge in [0, 0.05) is 12.1 Å². The fourth-order valence-electron chi connectivity index (χ4n) is 2.57. The third kappa shape index (κ3) is 3.37. The highest BCUT2D eigenvalue weighted by atomic mass is 15.3. The molecule has 2 heterocycles. The summed E-state index contributed by atoms with van der Waals surface area (Å²) in [6.45, 7) is 9.46. The van der Waals surface area contributed by atoms with Gasteiger partial charge in [0.1, 0.15) is 17.5 Å². The molecule has 0 unspecified atom stereocenters. The summed E-state index contributed by atoms with van der Waals surface area (Å²) in [5.74, 6) is 7.79. The second kappa shape index (κ2) is 5.93.